The molecule has 2 aliphatic rings. The normalized spacial score (nSPS) is 21.7. The SMILES string of the molecule is Cc1cc(C)cc(C(=O)N2CCCC(C(=O)N3CCCC3c3cccc(Br)c3)C2)c1. The second-order valence-electron chi connectivity index (χ2n) is 8.71. The zero-order chi connectivity index (χ0) is 21.3. The molecule has 2 fully saturated rings. The predicted octanol–water partition coefficient (Wildman–Crippen LogP) is 5.28. The van der Waals surface area contributed by atoms with E-state index in [1.165, 1.54) is 5.56 Å². The molecule has 2 aromatic rings. The van der Waals surface area contributed by atoms with Gasteiger partial charge in [-0.1, -0.05) is 45.3 Å². The third-order valence-electron chi connectivity index (χ3n) is 6.30. The molecule has 0 saturated carbocycles. The van der Waals surface area contributed by atoms with Gasteiger partial charge >= 0.3 is 0 Å². The molecule has 0 spiro atoms. The fourth-order valence-electron chi connectivity index (χ4n) is 4.97. The van der Waals surface area contributed by atoms with Crippen molar-refractivity contribution in [1.29, 1.82) is 0 Å². The second kappa shape index (κ2) is 8.93. The topological polar surface area (TPSA) is 40.6 Å². The number of benzene rings is 2. The van der Waals surface area contributed by atoms with Crippen LogP contribution in [0.4, 0.5) is 0 Å². The minimum Gasteiger partial charge on any atom is -0.338 e. The van der Waals surface area contributed by atoms with Gasteiger partial charge in [-0.05, 0) is 69.4 Å². The van der Waals surface area contributed by atoms with Gasteiger partial charge in [0.2, 0.25) is 5.91 Å². The number of likely N-dealkylation sites (tertiary alicyclic amines) is 2. The van der Waals surface area contributed by atoms with E-state index < -0.39 is 0 Å². The first kappa shape index (κ1) is 21.1. The van der Waals surface area contributed by atoms with Crippen molar-refractivity contribution < 1.29 is 9.59 Å². The molecule has 2 unspecified atom stereocenters. The van der Waals surface area contributed by atoms with Crippen LogP contribution >= 0.6 is 15.9 Å². The summed E-state index contributed by atoms with van der Waals surface area (Å²) >= 11 is 3.55. The molecule has 30 heavy (non-hydrogen) atoms. The van der Waals surface area contributed by atoms with E-state index >= 15 is 0 Å². The number of carbonyl (C=O) groups excluding carboxylic acids is 2. The first-order valence-electron chi connectivity index (χ1n) is 10.9. The van der Waals surface area contributed by atoms with Crippen LogP contribution in [-0.2, 0) is 4.79 Å². The van der Waals surface area contributed by atoms with E-state index in [1.54, 1.807) is 0 Å². The minimum absolute atomic E-state index is 0.0456. The summed E-state index contributed by atoms with van der Waals surface area (Å²) in [6.07, 6.45) is 3.76. The van der Waals surface area contributed by atoms with E-state index in [9.17, 15) is 9.59 Å². The van der Waals surface area contributed by atoms with Gasteiger partial charge in [0.25, 0.3) is 5.91 Å². The van der Waals surface area contributed by atoms with Crippen LogP contribution in [0.1, 0.15) is 58.8 Å². The number of nitrogens with zero attached hydrogens (tertiary/aromatic N) is 2. The maximum Gasteiger partial charge on any atom is 0.253 e. The Morgan fingerprint density at radius 1 is 0.967 bits per heavy atom. The van der Waals surface area contributed by atoms with Crippen LogP contribution < -0.4 is 0 Å². The molecule has 5 heteroatoms. The van der Waals surface area contributed by atoms with Crippen molar-refractivity contribution in [2.24, 2.45) is 5.92 Å². The molecule has 2 aromatic carbocycles. The highest BCUT2D eigenvalue weighted by Gasteiger charge is 2.36. The number of amides is 2. The van der Waals surface area contributed by atoms with Gasteiger partial charge in [0.05, 0.1) is 12.0 Å². The monoisotopic (exact) mass is 468 g/mol. The van der Waals surface area contributed by atoms with Crippen molar-refractivity contribution in [3.63, 3.8) is 0 Å². The van der Waals surface area contributed by atoms with Crippen molar-refractivity contribution in [3.8, 4) is 0 Å². The summed E-state index contributed by atoms with van der Waals surface area (Å²) in [5.41, 5.74) is 4.11. The van der Waals surface area contributed by atoms with E-state index in [0.717, 1.165) is 59.9 Å². The number of carbonyl (C=O) groups is 2. The lowest BCUT2D eigenvalue weighted by molar-refractivity contribution is -0.138. The Bertz CT molecular complexity index is 938. The van der Waals surface area contributed by atoms with Crippen molar-refractivity contribution in [3.05, 3.63) is 69.2 Å². The first-order chi connectivity index (χ1) is 14.4. The lowest BCUT2D eigenvalue weighted by atomic mass is 9.94. The predicted molar refractivity (Wildman–Crippen MR) is 122 cm³/mol. The number of rotatable bonds is 3. The molecule has 2 heterocycles. The van der Waals surface area contributed by atoms with Gasteiger partial charge in [-0.25, -0.2) is 0 Å². The Hall–Kier alpha value is -2.14. The van der Waals surface area contributed by atoms with Gasteiger partial charge in [0, 0.05) is 29.7 Å². The maximum atomic E-state index is 13.5. The summed E-state index contributed by atoms with van der Waals surface area (Å²) in [5.74, 6) is 0.140. The fraction of sp³-hybridized carbons (Fsp3) is 0.440. The van der Waals surface area contributed by atoms with E-state index in [2.05, 4.69) is 39.0 Å². The van der Waals surface area contributed by atoms with Gasteiger partial charge < -0.3 is 9.80 Å². The summed E-state index contributed by atoms with van der Waals surface area (Å²) in [6, 6.07) is 14.4. The van der Waals surface area contributed by atoms with Crippen LogP contribution in [-0.4, -0.2) is 41.2 Å². The second-order valence-corrected chi connectivity index (χ2v) is 9.63. The Kier molecular flexibility index (Phi) is 6.28. The smallest absolute Gasteiger partial charge is 0.253 e. The highest BCUT2D eigenvalue weighted by Crippen LogP contribution is 2.35. The third kappa shape index (κ3) is 4.46. The fourth-order valence-corrected chi connectivity index (χ4v) is 5.39. The average Bonchev–Trinajstić information content (AvgIpc) is 3.22. The molecule has 2 atom stereocenters. The van der Waals surface area contributed by atoms with Crippen molar-refractivity contribution in [2.75, 3.05) is 19.6 Å². The molecule has 2 amide bonds. The van der Waals surface area contributed by atoms with E-state index in [-0.39, 0.29) is 23.8 Å². The van der Waals surface area contributed by atoms with Gasteiger partial charge in [0.1, 0.15) is 0 Å². The van der Waals surface area contributed by atoms with Crippen molar-refractivity contribution >= 4 is 27.7 Å². The number of piperidine rings is 1. The first-order valence-corrected chi connectivity index (χ1v) is 11.6. The van der Waals surface area contributed by atoms with Crippen LogP contribution in [0.15, 0.2) is 46.9 Å². The zero-order valence-corrected chi connectivity index (χ0v) is 19.3. The molecular formula is C25H29BrN2O2. The number of hydrogen-bond acceptors (Lipinski definition) is 2. The minimum atomic E-state index is -0.110. The molecule has 0 N–H and O–H groups in total. The number of aryl methyl sites for hydroxylation is 2. The molecule has 0 aromatic heterocycles. The van der Waals surface area contributed by atoms with Gasteiger partial charge in [0.15, 0.2) is 0 Å². The maximum absolute atomic E-state index is 13.5. The molecular weight excluding hydrogens is 440 g/mol. The van der Waals surface area contributed by atoms with Crippen LogP contribution in [0.2, 0.25) is 0 Å². The van der Waals surface area contributed by atoms with Crippen molar-refractivity contribution in [2.45, 2.75) is 45.6 Å². The average molecular weight is 469 g/mol. The summed E-state index contributed by atoms with van der Waals surface area (Å²) in [7, 11) is 0. The lowest BCUT2D eigenvalue weighted by Crippen LogP contribution is -2.46. The Balaban J connectivity index is 1.48. The molecule has 0 aliphatic carbocycles. The van der Waals surface area contributed by atoms with Crippen LogP contribution in [0.25, 0.3) is 0 Å². The summed E-state index contributed by atoms with van der Waals surface area (Å²) in [5, 5.41) is 0. The Labute approximate surface area is 187 Å². The van der Waals surface area contributed by atoms with Gasteiger partial charge in [-0.15, -0.1) is 0 Å². The quantitative estimate of drug-likeness (QED) is 0.614. The highest BCUT2D eigenvalue weighted by molar-refractivity contribution is 9.10. The van der Waals surface area contributed by atoms with E-state index in [1.807, 2.05) is 43.0 Å². The molecule has 158 valence electrons. The van der Waals surface area contributed by atoms with E-state index in [4.69, 9.17) is 0 Å². The third-order valence-corrected chi connectivity index (χ3v) is 6.79. The molecule has 2 saturated heterocycles. The molecule has 2 aliphatic heterocycles. The Morgan fingerprint density at radius 3 is 2.43 bits per heavy atom. The van der Waals surface area contributed by atoms with Crippen LogP contribution in [0, 0.1) is 19.8 Å². The molecule has 4 rings (SSSR count). The Morgan fingerprint density at radius 2 is 1.70 bits per heavy atom. The van der Waals surface area contributed by atoms with Gasteiger partial charge in [-0.3, -0.25) is 9.59 Å². The molecule has 0 radical (unpaired) electrons. The van der Waals surface area contributed by atoms with E-state index in [0.29, 0.717) is 6.54 Å². The summed E-state index contributed by atoms with van der Waals surface area (Å²) < 4.78 is 1.04. The largest absolute Gasteiger partial charge is 0.338 e. The summed E-state index contributed by atoms with van der Waals surface area (Å²) in [6.45, 7) is 6.08. The summed E-state index contributed by atoms with van der Waals surface area (Å²) in [4.78, 5) is 30.5. The number of halogens is 1. The number of hydrogen-bond donors (Lipinski definition) is 0. The standard InChI is InChI=1S/C25H29BrN2O2/c1-17-12-18(2)14-21(13-17)24(29)27-10-4-7-20(16-27)25(30)28-11-5-9-23(28)19-6-3-8-22(26)15-19/h3,6,8,12-15,20,23H,4-5,7,9-11,16H2,1-2H3. The lowest BCUT2D eigenvalue weighted by Gasteiger charge is -2.36. The zero-order valence-electron chi connectivity index (χ0n) is 17.7. The van der Waals surface area contributed by atoms with Crippen molar-refractivity contribution in [1.82, 2.24) is 9.80 Å². The van der Waals surface area contributed by atoms with Gasteiger partial charge in [-0.2, -0.15) is 0 Å². The van der Waals surface area contributed by atoms with Crippen LogP contribution in [0.5, 0.6) is 0 Å². The highest BCUT2D eigenvalue weighted by atomic mass is 79.9. The molecule has 4 nitrogen and oxygen atoms in total. The van der Waals surface area contributed by atoms with Crippen LogP contribution in [0.3, 0.4) is 0 Å². The molecule has 0 bridgehead atoms.